The Labute approximate surface area is 59.9 Å². The maximum atomic E-state index is 8.38. The molecule has 0 heterocycles. The first-order valence-corrected chi connectivity index (χ1v) is 2.79. The molecule has 45 valence electrons. The van der Waals surface area contributed by atoms with Crippen LogP contribution < -0.4 is 0 Å². The van der Waals surface area contributed by atoms with E-state index >= 15 is 0 Å². The lowest BCUT2D eigenvalue weighted by Crippen LogP contribution is -1.74. The third kappa shape index (κ3) is 1.16. The fourth-order valence-electron chi connectivity index (χ4n) is 0.628. The second-order valence-electron chi connectivity index (χ2n) is 1.81. The van der Waals surface area contributed by atoms with Crippen molar-refractivity contribution in [3.8, 4) is 12.0 Å². The molecule has 0 atom stereocenters. The van der Waals surface area contributed by atoms with Crippen molar-refractivity contribution in [2.45, 2.75) is 0 Å². The highest BCUT2D eigenvalue weighted by Crippen LogP contribution is 2.00. The number of hydrogen-bond acceptors (Lipinski definition) is 1. The van der Waals surface area contributed by atoms with Gasteiger partial charge in [-0.1, -0.05) is 5.92 Å². The predicted octanol–water partition coefficient (Wildman–Crippen LogP) is 1.50. The zero-order chi connectivity index (χ0) is 7.40. The van der Waals surface area contributed by atoms with Crippen LogP contribution in [0.1, 0.15) is 11.1 Å². The van der Waals surface area contributed by atoms with Crippen LogP contribution in [0.3, 0.4) is 0 Å². The Bertz CT molecular complexity index is 262. The van der Waals surface area contributed by atoms with Crippen LogP contribution in [0.5, 0.6) is 0 Å². The van der Waals surface area contributed by atoms with E-state index in [4.69, 9.17) is 11.7 Å². The van der Waals surface area contributed by atoms with E-state index in [9.17, 15) is 0 Å². The molecule has 10 heavy (non-hydrogen) atoms. The topological polar surface area (TPSA) is 23.8 Å². The Hall–Kier alpha value is -1.73. The minimum atomic E-state index is 0.610. The number of nitrogens with zero attached hydrogens (tertiary/aromatic N) is 1. The third-order valence-electron chi connectivity index (χ3n) is 1.16. The van der Waals surface area contributed by atoms with E-state index in [1.807, 2.05) is 6.07 Å². The van der Waals surface area contributed by atoms with Gasteiger partial charge in [0.15, 0.2) is 0 Å². The molecule has 0 bridgehead atoms. The largest absolute Gasteiger partial charge is 0.192 e. The van der Waals surface area contributed by atoms with Crippen LogP contribution in [0.2, 0.25) is 0 Å². The lowest BCUT2D eigenvalue weighted by molar-refractivity contribution is 1.48. The average molecular weight is 126 g/mol. The molecule has 1 aromatic rings. The summed E-state index contributed by atoms with van der Waals surface area (Å²) in [5, 5.41) is 8.38. The summed E-state index contributed by atoms with van der Waals surface area (Å²) in [7, 11) is 0. The molecule has 0 fully saturated rings. The smallest absolute Gasteiger partial charge is 0.0991 e. The molecule has 0 unspecified atom stereocenters. The van der Waals surface area contributed by atoms with Gasteiger partial charge in [-0.25, -0.2) is 0 Å². The molecule has 1 nitrogen and oxygen atoms in total. The number of rotatable bonds is 0. The molecule has 0 spiro atoms. The van der Waals surface area contributed by atoms with Crippen molar-refractivity contribution < 1.29 is 0 Å². The second kappa shape index (κ2) is 2.71. The lowest BCUT2D eigenvalue weighted by Gasteiger charge is -1.87. The SMILES string of the molecule is [C]#Cc1ccc(C#N)cc1. The molecule has 0 saturated carbocycles. The monoisotopic (exact) mass is 126 g/mol. The highest BCUT2D eigenvalue weighted by Gasteiger charge is 1.87. The third-order valence-corrected chi connectivity index (χ3v) is 1.16. The van der Waals surface area contributed by atoms with Crippen molar-refractivity contribution in [3.63, 3.8) is 0 Å². The number of hydrogen-bond donors (Lipinski definition) is 0. The van der Waals surface area contributed by atoms with Crippen LogP contribution in [0, 0.1) is 23.7 Å². The summed E-state index contributed by atoms with van der Waals surface area (Å²) in [6.07, 6.45) is 6.74. The summed E-state index contributed by atoms with van der Waals surface area (Å²) in [5.41, 5.74) is 1.30. The predicted molar refractivity (Wildman–Crippen MR) is 37.4 cm³/mol. The Kier molecular flexibility index (Phi) is 1.73. The first kappa shape index (κ1) is 6.39. The van der Waals surface area contributed by atoms with Crippen LogP contribution in [0.4, 0.5) is 0 Å². The van der Waals surface area contributed by atoms with Crippen LogP contribution in [-0.4, -0.2) is 0 Å². The normalized spacial score (nSPS) is 7.80. The second-order valence-corrected chi connectivity index (χ2v) is 1.81. The van der Waals surface area contributed by atoms with Crippen LogP contribution in [0.15, 0.2) is 24.3 Å². The van der Waals surface area contributed by atoms with Crippen molar-refractivity contribution in [1.82, 2.24) is 0 Å². The molecule has 1 aromatic carbocycles. The Morgan fingerprint density at radius 1 is 1.10 bits per heavy atom. The standard InChI is InChI=1S/C9H4N/c1-2-8-3-5-9(7-10)6-4-8/h3-6H. The highest BCUT2D eigenvalue weighted by atomic mass is 14.2. The number of benzene rings is 1. The Morgan fingerprint density at radius 2 is 1.60 bits per heavy atom. The van der Waals surface area contributed by atoms with Gasteiger partial charge in [-0.3, -0.25) is 0 Å². The minimum Gasteiger partial charge on any atom is -0.192 e. The molecule has 0 aromatic heterocycles. The van der Waals surface area contributed by atoms with E-state index in [2.05, 4.69) is 5.92 Å². The molecular formula is C9H4N. The van der Waals surface area contributed by atoms with Gasteiger partial charge >= 0.3 is 0 Å². The van der Waals surface area contributed by atoms with Crippen LogP contribution in [-0.2, 0) is 0 Å². The molecule has 0 saturated heterocycles. The zero-order valence-corrected chi connectivity index (χ0v) is 5.26. The van der Waals surface area contributed by atoms with E-state index < -0.39 is 0 Å². The van der Waals surface area contributed by atoms with E-state index in [0.717, 1.165) is 0 Å². The van der Waals surface area contributed by atoms with E-state index in [1.54, 1.807) is 24.3 Å². The summed E-state index contributed by atoms with van der Waals surface area (Å²) in [4.78, 5) is 0. The number of nitriles is 1. The molecule has 0 amide bonds. The van der Waals surface area contributed by atoms with Gasteiger partial charge in [0.25, 0.3) is 0 Å². The zero-order valence-electron chi connectivity index (χ0n) is 5.26. The average Bonchev–Trinajstić information content (AvgIpc) is 2.05. The molecule has 1 radical (unpaired) electrons. The quantitative estimate of drug-likeness (QED) is 0.483. The van der Waals surface area contributed by atoms with Crippen molar-refractivity contribution in [3.05, 3.63) is 41.8 Å². The summed E-state index contributed by atoms with van der Waals surface area (Å²) in [6, 6.07) is 8.69. The molecule has 1 rings (SSSR count). The molecular weight excluding hydrogens is 122 g/mol. The Morgan fingerprint density at radius 3 is 2.00 bits per heavy atom. The van der Waals surface area contributed by atoms with Gasteiger partial charge < -0.3 is 0 Å². The molecule has 0 aliphatic rings. The lowest BCUT2D eigenvalue weighted by atomic mass is 10.2. The van der Waals surface area contributed by atoms with E-state index in [-0.39, 0.29) is 0 Å². The minimum absolute atomic E-state index is 0.610. The fourth-order valence-corrected chi connectivity index (χ4v) is 0.628. The van der Waals surface area contributed by atoms with Crippen molar-refractivity contribution >= 4 is 0 Å². The van der Waals surface area contributed by atoms with Crippen LogP contribution >= 0.6 is 0 Å². The summed E-state index contributed by atoms with van der Waals surface area (Å²) in [5.74, 6) is 2.22. The maximum Gasteiger partial charge on any atom is 0.0991 e. The summed E-state index contributed by atoms with van der Waals surface area (Å²) < 4.78 is 0. The Balaban J connectivity index is 3.08. The van der Waals surface area contributed by atoms with Gasteiger partial charge in [0.1, 0.15) is 0 Å². The first-order valence-electron chi connectivity index (χ1n) is 2.79. The molecule has 0 aliphatic carbocycles. The van der Waals surface area contributed by atoms with Crippen LogP contribution in [0.25, 0.3) is 0 Å². The fraction of sp³-hybridized carbons (Fsp3) is 0. The van der Waals surface area contributed by atoms with Gasteiger partial charge in [0.2, 0.25) is 0 Å². The van der Waals surface area contributed by atoms with Crippen molar-refractivity contribution in [2.24, 2.45) is 0 Å². The van der Waals surface area contributed by atoms with Gasteiger partial charge in [-0.05, 0) is 30.7 Å². The highest BCUT2D eigenvalue weighted by molar-refractivity contribution is 5.37. The molecule has 0 N–H and O–H groups in total. The van der Waals surface area contributed by atoms with Gasteiger partial charge in [0.05, 0.1) is 11.6 Å². The molecule has 0 aliphatic heterocycles. The van der Waals surface area contributed by atoms with E-state index in [1.165, 1.54) is 0 Å². The molecule has 1 heteroatoms. The summed E-state index contributed by atoms with van der Waals surface area (Å²) in [6.45, 7) is 0. The van der Waals surface area contributed by atoms with Crippen molar-refractivity contribution in [1.29, 1.82) is 5.26 Å². The maximum absolute atomic E-state index is 8.38. The first-order chi connectivity index (χ1) is 4.86. The van der Waals surface area contributed by atoms with Gasteiger partial charge in [-0.15, -0.1) is 0 Å². The van der Waals surface area contributed by atoms with Crippen molar-refractivity contribution in [2.75, 3.05) is 0 Å². The van der Waals surface area contributed by atoms with Gasteiger partial charge in [0, 0.05) is 5.56 Å². The summed E-state index contributed by atoms with van der Waals surface area (Å²) >= 11 is 0. The van der Waals surface area contributed by atoms with Gasteiger partial charge in [-0.2, -0.15) is 5.26 Å². The van der Waals surface area contributed by atoms with E-state index in [0.29, 0.717) is 11.1 Å².